The minimum atomic E-state index is 0.142. The molecular formula is C22H23ClN4O. The van der Waals surface area contributed by atoms with Gasteiger partial charge in [-0.2, -0.15) is 0 Å². The molecule has 0 saturated heterocycles. The molecule has 6 heteroatoms. The van der Waals surface area contributed by atoms with Crippen LogP contribution in [0.1, 0.15) is 36.2 Å². The van der Waals surface area contributed by atoms with Crippen LogP contribution in [0.15, 0.2) is 61.2 Å². The second-order valence-corrected chi connectivity index (χ2v) is 7.65. The van der Waals surface area contributed by atoms with Crippen molar-refractivity contribution in [3.8, 4) is 0 Å². The lowest BCUT2D eigenvalue weighted by Gasteiger charge is -2.31. The number of carbonyl (C=O) groups is 1. The number of nitrogens with zero attached hydrogens (tertiary/aromatic N) is 4. The summed E-state index contributed by atoms with van der Waals surface area (Å²) in [6.07, 6.45) is 10.4. The molecule has 28 heavy (non-hydrogen) atoms. The van der Waals surface area contributed by atoms with Crippen molar-refractivity contribution in [2.75, 3.05) is 0 Å². The fourth-order valence-corrected chi connectivity index (χ4v) is 3.65. The summed E-state index contributed by atoms with van der Waals surface area (Å²) in [7, 11) is 0. The van der Waals surface area contributed by atoms with Gasteiger partial charge in [0.05, 0.1) is 13.1 Å². The van der Waals surface area contributed by atoms with E-state index < -0.39 is 0 Å². The van der Waals surface area contributed by atoms with Crippen molar-refractivity contribution < 1.29 is 4.79 Å². The highest BCUT2D eigenvalue weighted by atomic mass is 35.5. The molecule has 0 atom stereocenters. The van der Waals surface area contributed by atoms with Crippen molar-refractivity contribution in [2.24, 2.45) is 5.92 Å². The van der Waals surface area contributed by atoms with Crippen LogP contribution in [-0.2, 0) is 24.4 Å². The van der Waals surface area contributed by atoms with Crippen LogP contribution in [-0.4, -0.2) is 25.3 Å². The standard InChI is InChI=1S/C22H23ClN4O/c23-20-9-2-1-6-19(20)15-26-12-11-25-21(26)16-27(22(28)18-7-3-8-18)14-17-5-4-10-24-13-17/h1-2,4-6,9-13,18H,3,7-8,14-16H2. The quantitative estimate of drug-likeness (QED) is 0.600. The molecule has 0 aliphatic heterocycles. The third-order valence-corrected chi connectivity index (χ3v) is 5.66. The average molecular weight is 395 g/mol. The maximum absolute atomic E-state index is 13.0. The summed E-state index contributed by atoms with van der Waals surface area (Å²) in [5, 5.41) is 0.736. The van der Waals surface area contributed by atoms with Crippen LogP contribution < -0.4 is 0 Å². The molecule has 3 aromatic rings. The van der Waals surface area contributed by atoms with Crippen molar-refractivity contribution in [3.05, 3.63) is 83.2 Å². The molecule has 1 aliphatic carbocycles. The third kappa shape index (κ3) is 4.25. The van der Waals surface area contributed by atoms with Gasteiger partial charge in [-0.15, -0.1) is 0 Å². The summed E-state index contributed by atoms with van der Waals surface area (Å²) in [4.78, 5) is 23.6. The number of imidazole rings is 1. The normalized spacial score (nSPS) is 13.9. The maximum Gasteiger partial charge on any atom is 0.226 e. The summed E-state index contributed by atoms with van der Waals surface area (Å²) in [5.41, 5.74) is 2.06. The number of hydrogen-bond donors (Lipinski definition) is 0. The van der Waals surface area contributed by atoms with E-state index in [0.29, 0.717) is 19.6 Å². The predicted octanol–water partition coefficient (Wildman–Crippen LogP) is 4.31. The van der Waals surface area contributed by atoms with Gasteiger partial charge in [0, 0.05) is 42.3 Å². The Balaban J connectivity index is 1.54. The number of halogens is 1. The Morgan fingerprint density at radius 3 is 2.71 bits per heavy atom. The molecule has 1 fully saturated rings. The highest BCUT2D eigenvalue weighted by Crippen LogP contribution is 2.29. The number of aromatic nitrogens is 3. The first-order valence-corrected chi connectivity index (χ1v) is 9.99. The Hall–Kier alpha value is -2.66. The molecule has 0 N–H and O–H groups in total. The summed E-state index contributed by atoms with van der Waals surface area (Å²) in [5.74, 6) is 1.21. The molecule has 0 radical (unpaired) electrons. The Bertz CT molecular complexity index is 936. The number of pyridine rings is 1. The van der Waals surface area contributed by atoms with E-state index in [1.54, 1.807) is 12.4 Å². The lowest BCUT2D eigenvalue weighted by molar-refractivity contribution is -0.139. The maximum atomic E-state index is 13.0. The largest absolute Gasteiger partial charge is 0.331 e. The van der Waals surface area contributed by atoms with Crippen LogP contribution >= 0.6 is 11.6 Å². The van der Waals surface area contributed by atoms with Gasteiger partial charge in [0.2, 0.25) is 5.91 Å². The molecular weight excluding hydrogens is 372 g/mol. The van der Waals surface area contributed by atoms with Gasteiger partial charge in [-0.1, -0.05) is 42.3 Å². The van der Waals surface area contributed by atoms with Gasteiger partial charge in [0.25, 0.3) is 0 Å². The molecule has 2 aromatic heterocycles. The van der Waals surface area contributed by atoms with E-state index in [1.807, 2.05) is 53.7 Å². The average Bonchev–Trinajstić information content (AvgIpc) is 3.09. The van der Waals surface area contributed by atoms with Gasteiger partial charge >= 0.3 is 0 Å². The van der Waals surface area contributed by atoms with Crippen LogP contribution in [0.3, 0.4) is 0 Å². The lowest BCUT2D eigenvalue weighted by atomic mass is 9.84. The second-order valence-electron chi connectivity index (χ2n) is 7.25. The first-order valence-electron chi connectivity index (χ1n) is 9.62. The Labute approximate surface area is 170 Å². The zero-order chi connectivity index (χ0) is 19.3. The second kappa shape index (κ2) is 8.57. The highest BCUT2D eigenvalue weighted by Gasteiger charge is 2.30. The molecule has 5 nitrogen and oxygen atoms in total. The topological polar surface area (TPSA) is 51.0 Å². The SMILES string of the molecule is O=C(C1CCC1)N(Cc1cccnc1)Cc1nccn1Cc1ccccc1Cl. The first-order chi connectivity index (χ1) is 13.7. The number of carbonyl (C=O) groups excluding carboxylic acids is 1. The molecule has 4 rings (SSSR count). The van der Waals surface area contributed by atoms with Crippen LogP contribution in [0.5, 0.6) is 0 Å². The number of hydrogen-bond acceptors (Lipinski definition) is 3. The van der Waals surface area contributed by atoms with E-state index in [9.17, 15) is 4.79 Å². The first kappa shape index (κ1) is 18.7. The zero-order valence-electron chi connectivity index (χ0n) is 15.7. The fourth-order valence-electron chi connectivity index (χ4n) is 3.45. The van der Waals surface area contributed by atoms with Crippen molar-refractivity contribution in [1.82, 2.24) is 19.4 Å². The molecule has 2 heterocycles. The summed E-state index contributed by atoms with van der Waals surface area (Å²) < 4.78 is 2.06. The molecule has 1 aromatic carbocycles. The predicted molar refractivity (Wildman–Crippen MR) is 109 cm³/mol. The van der Waals surface area contributed by atoms with E-state index in [-0.39, 0.29) is 11.8 Å². The number of benzene rings is 1. The highest BCUT2D eigenvalue weighted by molar-refractivity contribution is 6.31. The monoisotopic (exact) mass is 394 g/mol. The van der Waals surface area contributed by atoms with Crippen LogP contribution in [0.2, 0.25) is 5.02 Å². The van der Waals surface area contributed by atoms with Gasteiger partial charge in [-0.3, -0.25) is 9.78 Å². The molecule has 0 spiro atoms. The summed E-state index contributed by atoms with van der Waals surface area (Å²) >= 11 is 6.32. The van der Waals surface area contributed by atoms with Gasteiger partial charge < -0.3 is 9.47 Å². The lowest BCUT2D eigenvalue weighted by Crippen LogP contribution is -2.38. The smallest absolute Gasteiger partial charge is 0.226 e. The number of amides is 1. The van der Waals surface area contributed by atoms with E-state index in [1.165, 1.54) is 0 Å². The van der Waals surface area contributed by atoms with Gasteiger partial charge in [0.15, 0.2) is 0 Å². The van der Waals surface area contributed by atoms with Crippen LogP contribution in [0.4, 0.5) is 0 Å². The van der Waals surface area contributed by atoms with Crippen molar-refractivity contribution in [2.45, 2.75) is 38.9 Å². The van der Waals surface area contributed by atoms with E-state index >= 15 is 0 Å². The Kier molecular flexibility index (Phi) is 5.72. The molecule has 0 bridgehead atoms. The zero-order valence-corrected chi connectivity index (χ0v) is 16.4. The molecule has 0 unspecified atom stereocenters. The molecule has 1 saturated carbocycles. The van der Waals surface area contributed by atoms with Crippen LogP contribution in [0, 0.1) is 5.92 Å². The summed E-state index contributed by atoms with van der Waals surface area (Å²) in [6, 6.07) is 11.7. The van der Waals surface area contributed by atoms with Crippen molar-refractivity contribution in [3.63, 3.8) is 0 Å². The van der Waals surface area contributed by atoms with Crippen molar-refractivity contribution >= 4 is 17.5 Å². The van der Waals surface area contributed by atoms with Crippen LogP contribution in [0.25, 0.3) is 0 Å². The van der Waals surface area contributed by atoms with Gasteiger partial charge in [-0.05, 0) is 36.1 Å². The third-order valence-electron chi connectivity index (χ3n) is 5.29. The fraction of sp³-hybridized carbons (Fsp3) is 0.318. The Morgan fingerprint density at radius 1 is 1.14 bits per heavy atom. The van der Waals surface area contributed by atoms with E-state index in [4.69, 9.17) is 11.6 Å². The minimum Gasteiger partial charge on any atom is -0.331 e. The van der Waals surface area contributed by atoms with E-state index in [0.717, 1.165) is 41.2 Å². The van der Waals surface area contributed by atoms with E-state index in [2.05, 4.69) is 14.5 Å². The minimum absolute atomic E-state index is 0.142. The molecule has 1 aliphatic rings. The summed E-state index contributed by atoms with van der Waals surface area (Å²) in [6.45, 7) is 1.65. The molecule has 144 valence electrons. The van der Waals surface area contributed by atoms with Gasteiger partial charge in [0.1, 0.15) is 5.82 Å². The van der Waals surface area contributed by atoms with Gasteiger partial charge in [-0.25, -0.2) is 4.98 Å². The Morgan fingerprint density at radius 2 is 2.00 bits per heavy atom. The molecule has 1 amide bonds. The van der Waals surface area contributed by atoms with Crippen molar-refractivity contribution in [1.29, 1.82) is 0 Å². The number of rotatable bonds is 7.